The van der Waals surface area contributed by atoms with Gasteiger partial charge >= 0.3 is 0 Å². The van der Waals surface area contributed by atoms with Gasteiger partial charge in [0.25, 0.3) is 5.69 Å². The molecule has 0 amide bonds. The summed E-state index contributed by atoms with van der Waals surface area (Å²) in [6.45, 7) is 5.57. The highest BCUT2D eigenvalue weighted by Crippen LogP contribution is 2.23. The van der Waals surface area contributed by atoms with Crippen LogP contribution in [0, 0.1) is 15.5 Å². The first kappa shape index (κ1) is 15.9. The first-order chi connectivity index (χ1) is 8.85. The number of nitrogens with one attached hydrogen (secondary N) is 1. The average molecular weight is 287 g/mol. The Balaban J connectivity index is 2.57. The third kappa shape index (κ3) is 5.14. The van der Waals surface area contributed by atoms with Crippen molar-refractivity contribution in [3.8, 4) is 0 Å². The molecule has 0 aromatic heterocycles. The van der Waals surface area contributed by atoms with Gasteiger partial charge in [-0.3, -0.25) is 10.1 Å². The minimum absolute atomic E-state index is 0.00199. The van der Waals surface area contributed by atoms with E-state index in [0.29, 0.717) is 18.0 Å². The lowest BCUT2D eigenvalue weighted by atomic mass is 9.90. The van der Waals surface area contributed by atoms with Crippen LogP contribution >= 0.6 is 11.6 Å². The normalized spacial score (nSPS) is 11.6. The van der Waals surface area contributed by atoms with Crippen LogP contribution in [-0.2, 0) is 6.54 Å². The fourth-order valence-electron chi connectivity index (χ4n) is 1.72. The van der Waals surface area contributed by atoms with Gasteiger partial charge in [-0.15, -0.1) is 0 Å². The zero-order chi connectivity index (χ0) is 14.5. The van der Waals surface area contributed by atoms with Gasteiger partial charge in [-0.1, -0.05) is 25.4 Å². The highest BCUT2D eigenvalue weighted by molar-refractivity contribution is 6.31. The molecule has 0 fully saturated rings. The van der Waals surface area contributed by atoms with E-state index in [1.807, 2.05) is 0 Å². The van der Waals surface area contributed by atoms with E-state index in [9.17, 15) is 10.1 Å². The summed E-state index contributed by atoms with van der Waals surface area (Å²) in [4.78, 5) is 10.1. The molecular weight excluding hydrogens is 268 g/mol. The molecule has 0 spiro atoms. The molecule has 106 valence electrons. The van der Waals surface area contributed by atoms with E-state index in [1.165, 1.54) is 12.1 Å². The lowest BCUT2D eigenvalue weighted by molar-refractivity contribution is -0.384. The molecule has 6 heteroatoms. The molecule has 0 heterocycles. The molecule has 0 saturated carbocycles. The van der Waals surface area contributed by atoms with Crippen molar-refractivity contribution in [1.82, 2.24) is 5.32 Å². The minimum Gasteiger partial charge on any atom is -0.396 e. The van der Waals surface area contributed by atoms with E-state index >= 15 is 0 Å². The van der Waals surface area contributed by atoms with Gasteiger partial charge < -0.3 is 10.4 Å². The van der Waals surface area contributed by atoms with Gasteiger partial charge in [0.1, 0.15) is 0 Å². The van der Waals surface area contributed by atoms with Gasteiger partial charge in [0.05, 0.1) is 9.95 Å². The smallest absolute Gasteiger partial charge is 0.270 e. The van der Waals surface area contributed by atoms with E-state index in [4.69, 9.17) is 16.7 Å². The molecular formula is C13H19ClN2O3. The summed E-state index contributed by atoms with van der Waals surface area (Å²) >= 11 is 6.00. The van der Waals surface area contributed by atoms with Crippen LogP contribution in [0.25, 0.3) is 0 Å². The maximum atomic E-state index is 10.6. The van der Waals surface area contributed by atoms with E-state index in [-0.39, 0.29) is 17.7 Å². The number of aliphatic hydroxyl groups is 1. The maximum Gasteiger partial charge on any atom is 0.270 e. The Morgan fingerprint density at radius 2 is 2.16 bits per heavy atom. The predicted molar refractivity (Wildman–Crippen MR) is 75.3 cm³/mol. The Morgan fingerprint density at radius 3 is 2.68 bits per heavy atom. The molecule has 0 atom stereocenters. The van der Waals surface area contributed by atoms with Gasteiger partial charge in [-0.25, -0.2) is 0 Å². The standard InChI is InChI=1S/C13H19ClN2O3/c1-13(2,5-6-17)9-15-8-10-3-4-11(16(18)19)7-12(10)14/h3-4,7,15,17H,5-6,8-9H2,1-2H3. The fourth-order valence-corrected chi connectivity index (χ4v) is 1.96. The Morgan fingerprint density at radius 1 is 1.47 bits per heavy atom. The average Bonchev–Trinajstić information content (AvgIpc) is 2.30. The Kier molecular flexibility index (Phi) is 5.72. The largest absolute Gasteiger partial charge is 0.396 e. The lowest BCUT2D eigenvalue weighted by Gasteiger charge is -2.24. The van der Waals surface area contributed by atoms with Crippen LogP contribution in [0.5, 0.6) is 0 Å². The summed E-state index contributed by atoms with van der Waals surface area (Å²) in [7, 11) is 0. The molecule has 0 aliphatic carbocycles. The third-order valence-corrected chi connectivity index (χ3v) is 3.31. The van der Waals surface area contributed by atoms with Gasteiger partial charge in [-0.05, 0) is 23.5 Å². The lowest BCUT2D eigenvalue weighted by Crippen LogP contribution is -2.29. The monoisotopic (exact) mass is 286 g/mol. The molecule has 2 N–H and O–H groups in total. The molecule has 5 nitrogen and oxygen atoms in total. The van der Waals surface area contributed by atoms with Crippen LogP contribution in [0.4, 0.5) is 5.69 Å². The molecule has 1 rings (SSSR count). The number of nitrogens with zero attached hydrogens (tertiary/aromatic N) is 1. The minimum atomic E-state index is -0.465. The zero-order valence-corrected chi connectivity index (χ0v) is 11.9. The van der Waals surface area contributed by atoms with Crippen molar-refractivity contribution in [2.45, 2.75) is 26.8 Å². The van der Waals surface area contributed by atoms with Gasteiger partial charge in [0.15, 0.2) is 0 Å². The molecule has 0 aliphatic rings. The van der Waals surface area contributed by atoms with E-state index < -0.39 is 4.92 Å². The van der Waals surface area contributed by atoms with E-state index in [0.717, 1.165) is 12.1 Å². The third-order valence-electron chi connectivity index (χ3n) is 2.96. The SMILES string of the molecule is CC(C)(CCO)CNCc1ccc([N+](=O)[O-])cc1Cl. The highest BCUT2D eigenvalue weighted by atomic mass is 35.5. The van der Waals surface area contributed by atoms with Crippen LogP contribution in [0.1, 0.15) is 25.8 Å². The predicted octanol–water partition coefficient (Wildman–Crippen LogP) is 2.75. The highest BCUT2D eigenvalue weighted by Gasteiger charge is 2.16. The quantitative estimate of drug-likeness (QED) is 0.597. The maximum absolute atomic E-state index is 10.6. The number of non-ortho nitro benzene ring substituents is 1. The molecule has 0 unspecified atom stereocenters. The van der Waals surface area contributed by atoms with Gasteiger partial charge in [0.2, 0.25) is 0 Å². The van der Waals surface area contributed by atoms with Crippen LogP contribution in [0.3, 0.4) is 0 Å². The van der Waals surface area contributed by atoms with Crippen molar-refractivity contribution in [3.63, 3.8) is 0 Å². The van der Waals surface area contributed by atoms with E-state index in [1.54, 1.807) is 6.07 Å². The number of benzene rings is 1. The Labute approximate surface area is 117 Å². The second kappa shape index (κ2) is 6.84. The molecule has 19 heavy (non-hydrogen) atoms. The molecule has 0 saturated heterocycles. The Hall–Kier alpha value is -1.17. The summed E-state index contributed by atoms with van der Waals surface area (Å²) in [5.74, 6) is 0. The first-order valence-electron chi connectivity index (χ1n) is 6.10. The summed E-state index contributed by atoms with van der Waals surface area (Å²) in [6.07, 6.45) is 0.716. The number of hydrogen-bond donors (Lipinski definition) is 2. The summed E-state index contributed by atoms with van der Waals surface area (Å²) < 4.78 is 0. The summed E-state index contributed by atoms with van der Waals surface area (Å²) in [5, 5.41) is 23.2. The van der Waals surface area contributed by atoms with Crippen molar-refractivity contribution < 1.29 is 10.0 Å². The summed E-state index contributed by atoms with van der Waals surface area (Å²) in [5.41, 5.74) is 0.823. The molecule has 1 aromatic carbocycles. The molecule has 0 aliphatic heterocycles. The van der Waals surface area contributed by atoms with Crippen molar-refractivity contribution >= 4 is 17.3 Å². The second-order valence-corrected chi connectivity index (χ2v) is 5.68. The number of nitro groups is 1. The number of halogens is 1. The topological polar surface area (TPSA) is 75.4 Å². The molecule has 1 aromatic rings. The number of nitro benzene ring substituents is 1. The van der Waals surface area contributed by atoms with Crippen molar-refractivity contribution in [2.24, 2.45) is 5.41 Å². The second-order valence-electron chi connectivity index (χ2n) is 5.27. The molecule has 0 radical (unpaired) electrons. The number of aliphatic hydroxyl groups excluding tert-OH is 1. The van der Waals surface area contributed by atoms with Crippen molar-refractivity contribution in [1.29, 1.82) is 0 Å². The Bertz CT molecular complexity index is 450. The summed E-state index contributed by atoms with van der Waals surface area (Å²) in [6, 6.07) is 4.46. The van der Waals surface area contributed by atoms with Gasteiger partial charge in [-0.2, -0.15) is 0 Å². The van der Waals surface area contributed by atoms with Crippen molar-refractivity contribution in [2.75, 3.05) is 13.2 Å². The number of rotatable bonds is 7. The van der Waals surface area contributed by atoms with Crippen molar-refractivity contribution in [3.05, 3.63) is 38.9 Å². The molecule has 0 bridgehead atoms. The van der Waals surface area contributed by atoms with Crippen LogP contribution in [0.2, 0.25) is 5.02 Å². The van der Waals surface area contributed by atoms with Crippen LogP contribution < -0.4 is 5.32 Å². The van der Waals surface area contributed by atoms with Gasteiger partial charge in [0, 0.05) is 31.8 Å². The van der Waals surface area contributed by atoms with Crippen LogP contribution in [-0.4, -0.2) is 23.2 Å². The fraction of sp³-hybridized carbons (Fsp3) is 0.538. The zero-order valence-electron chi connectivity index (χ0n) is 11.1. The number of hydrogen-bond acceptors (Lipinski definition) is 4. The first-order valence-corrected chi connectivity index (χ1v) is 6.48. The van der Waals surface area contributed by atoms with Crippen LogP contribution in [0.15, 0.2) is 18.2 Å². The van der Waals surface area contributed by atoms with E-state index in [2.05, 4.69) is 19.2 Å².